The van der Waals surface area contributed by atoms with Crippen molar-refractivity contribution in [1.29, 1.82) is 0 Å². The lowest BCUT2D eigenvalue weighted by molar-refractivity contribution is 0.469. The fourth-order valence-corrected chi connectivity index (χ4v) is 1.05. The average molecular weight is 202 g/mol. The van der Waals surface area contributed by atoms with Crippen LogP contribution in [0.1, 0.15) is 5.56 Å². The summed E-state index contributed by atoms with van der Waals surface area (Å²) in [5, 5.41) is 8.76. The highest BCUT2D eigenvalue weighted by molar-refractivity contribution is 6.32. The van der Waals surface area contributed by atoms with Gasteiger partial charge in [-0.2, -0.15) is 0 Å². The summed E-state index contributed by atoms with van der Waals surface area (Å²) in [6.45, 7) is 0.331. The van der Waals surface area contributed by atoms with E-state index in [4.69, 9.17) is 22.4 Å². The molecule has 2 nitrogen and oxygen atoms in total. The lowest BCUT2D eigenvalue weighted by atomic mass is 10.2. The van der Waals surface area contributed by atoms with Crippen molar-refractivity contribution in [3.05, 3.63) is 34.6 Å². The van der Waals surface area contributed by atoms with Gasteiger partial charge in [0.25, 0.3) is 0 Å². The molecule has 0 saturated heterocycles. The molecule has 0 aliphatic heterocycles. The van der Waals surface area contributed by atoms with Gasteiger partial charge in [0.15, 0.2) is 5.82 Å². The van der Waals surface area contributed by atoms with E-state index < -0.39 is 5.82 Å². The molecule has 13 heavy (non-hydrogen) atoms. The van der Waals surface area contributed by atoms with Gasteiger partial charge in [-0.3, -0.25) is 0 Å². The molecule has 0 fully saturated rings. The van der Waals surface area contributed by atoms with Gasteiger partial charge in [0, 0.05) is 12.1 Å². The van der Waals surface area contributed by atoms with Gasteiger partial charge in [0.2, 0.25) is 0 Å². The summed E-state index contributed by atoms with van der Waals surface area (Å²) < 4.78 is 13.2. The predicted molar refractivity (Wildman–Crippen MR) is 51.2 cm³/mol. The molecular weight excluding hydrogens is 193 g/mol. The fourth-order valence-electron chi connectivity index (χ4n) is 0.878. The van der Waals surface area contributed by atoms with Crippen LogP contribution in [0.15, 0.2) is 18.2 Å². The maximum Gasteiger partial charge on any atom is 0.152 e. The van der Waals surface area contributed by atoms with E-state index in [0.29, 0.717) is 12.1 Å². The molecule has 0 aliphatic rings. The highest BCUT2D eigenvalue weighted by Gasteiger charge is 2.08. The molecule has 0 aromatic heterocycles. The van der Waals surface area contributed by atoms with Gasteiger partial charge in [0.05, 0.1) is 0 Å². The van der Waals surface area contributed by atoms with Gasteiger partial charge in [-0.1, -0.05) is 23.8 Å². The highest BCUT2D eigenvalue weighted by atomic mass is 35.5. The van der Waals surface area contributed by atoms with Gasteiger partial charge in [-0.05, 0) is 12.1 Å². The lowest BCUT2D eigenvalue weighted by Gasteiger charge is -2.01. The molecule has 0 heterocycles. The second kappa shape index (κ2) is 4.25. The summed E-state index contributed by atoms with van der Waals surface area (Å²) in [4.78, 5) is 0. The number of nitrogens with two attached hydrogens (primary N) is 1. The SMILES string of the molecule is NC/C=C/c1ccc(O)c(Cl)c1F. The zero-order valence-corrected chi connectivity index (χ0v) is 7.55. The third kappa shape index (κ3) is 2.20. The highest BCUT2D eigenvalue weighted by Crippen LogP contribution is 2.28. The normalized spacial score (nSPS) is 11.0. The third-order valence-electron chi connectivity index (χ3n) is 1.53. The maximum absolute atomic E-state index is 13.2. The van der Waals surface area contributed by atoms with E-state index in [1.165, 1.54) is 18.2 Å². The smallest absolute Gasteiger partial charge is 0.152 e. The summed E-state index contributed by atoms with van der Waals surface area (Å²) in [5.41, 5.74) is 5.52. The topological polar surface area (TPSA) is 46.2 Å². The minimum absolute atomic E-state index is 0.260. The second-order valence-electron chi connectivity index (χ2n) is 2.44. The molecule has 0 saturated carbocycles. The number of rotatable bonds is 2. The van der Waals surface area contributed by atoms with Crippen molar-refractivity contribution >= 4 is 17.7 Å². The van der Waals surface area contributed by atoms with Crippen LogP contribution in [0.5, 0.6) is 5.75 Å². The number of phenols is 1. The second-order valence-corrected chi connectivity index (χ2v) is 2.82. The van der Waals surface area contributed by atoms with Crippen molar-refractivity contribution in [2.45, 2.75) is 0 Å². The van der Waals surface area contributed by atoms with Crippen LogP contribution in [0, 0.1) is 5.82 Å². The van der Waals surface area contributed by atoms with Gasteiger partial charge in [0.1, 0.15) is 10.8 Å². The molecule has 0 radical (unpaired) electrons. The standard InChI is InChI=1S/C9H9ClFNO/c10-8-7(13)4-3-6(9(8)11)2-1-5-12/h1-4,13H,5,12H2/b2-1+. The molecular formula is C9H9ClFNO. The van der Waals surface area contributed by atoms with E-state index in [1.807, 2.05) is 0 Å². The van der Waals surface area contributed by atoms with Crippen LogP contribution in [0.3, 0.4) is 0 Å². The van der Waals surface area contributed by atoms with Crippen LogP contribution in [-0.2, 0) is 0 Å². The number of benzene rings is 1. The molecule has 0 amide bonds. The molecule has 0 bridgehead atoms. The Hall–Kier alpha value is -1.06. The number of hydrogen-bond acceptors (Lipinski definition) is 2. The summed E-state index contributed by atoms with van der Waals surface area (Å²) in [6, 6.07) is 2.77. The molecule has 0 unspecified atom stereocenters. The summed E-state index contributed by atoms with van der Waals surface area (Å²) >= 11 is 5.47. The molecule has 0 aliphatic carbocycles. The van der Waals surface area contributed by atoms with E-state index in [-0.39, 0.29) is 10.8 Å². The molecule has 70 valence electrons. The Morgan fingerprint density at radius 2 is 2.23 bits per heavy atom. The Morgan fingerprint density at radius 3 is 2.85 bits per heavy atom. The average Bonchev–Trinajstić information content (AvgIpc) is 2.13. The van der Waals surface area contributed by atoms with E-state index in [1.54, 1.807) is 6.08 Å². The van der Waals surface area contributed by atoms with Crippen LogP contribution < -0.4 is 5.73 Å². The Kier molecular flexibility index (Phi) is 3.28. The maximum atomic E-state index is 13.2. The third-order valence-corrected chi connectivity index (χ3v) is 1.88. The van der Waals surface area contributed by atoms with E-state index in [9.17, 15) is 4.39 Å². The minimum atomic E-state index is -0.633. The summed E-state index contributed by atoms with van der Waals surface area (Å²) in [6.07, 6.45) is 3.12. The first-order valence-electron chi connectivity index (χ1n) is 3.70. The number of hydrogen-bond donors (Lipinski definition) is 2. The number of aromatic hydroxyl groups is 1. The summed E-state index contributed by atoms with van der Waals surface area (Å²) in [7, 11) is 0. The van der Waals surface area contributed by atoms with Crippen molar-refractivity contribution in [3.63, 3.8) is 0 Å². The fraction of sp³-hybridized carbons (Fsp3) is 0.111. The van der Waals surface area contributed by atoms with Crippen LogP contribution in [0.2, 0.25) is 5.02 Å². The quantitative estimate of drug-likeness (QED) is 0.770. The Bertz CT molecular complexity index is 339. The molecule has 0 spiro atoms. The van der Waals surface area contributed by atoms with Gasteiger partial charge < -0.3 is 10.8 Å². The predicted octanol–water partition coefficient (Wildman–Crippen LogP) is 2.16. The first-order valence-corrected chi connectivity index (χ1v) is 4.08. The van der Waals surface area contributed by atoms with E-state index in [2.05, 4.69) is 0 Å². The van der Waals surface area contributed by atoms with Gasteiger partial charge in [-0.25, -0.2) is 4.39 Å². The molecule has 1 aromatic rings. The van der Waals surface area contributed by atoms with Crippen LogP contribution >= 0.6 is 11.6 Å². The monoisotopic (exact) mass is 201 g/mol. The molecule has 1 aromatic carbocycles. The molecule has 4 heteroatoms. The van der Waals surface area contributed by atoms with Crippen molar-refractivity contribution in [2.24, 2.45) is 5.73 Å². The molecule has 3 N–H and O–H groups in total. The minimum Gasteiger partial charge on any atom is -0.506 e. The Balaban J connectivity index is 3.11. The van der Waals surface area contributed by atoms with Crippen LogP contribution in [-0.4, -0.2) is 11.7 Å². The zero-order valence-electron chi connectivity index (χ0n) is 6.80. The van der Waals surface area contributed by atoms with Gasteiger partial charge >= 0.3 is 0 Å². The first-order chi connectivity index (χ1) is 6.16. The van der Waals surface area contributed by atoms with Crippen LogP contribution in [0.25, 0.3) is 6.08 Å². The first kappa shape index (κ1) is 10.0. The summed E-state index contributed by atoms with van der Waals surface area (Å²) in [5.74, 6) is -0.893. The van der Waals surface area contributed by atoms with Crippen molar-refractivity contribution in [3.8, 4) is 5.75 Å². The Labute approximate surface area is 80.4 Å². The van der Waals surface area contributed by atoms with Crippen molar-refractivity contribution in [1.82, 2.24) is 0 Å². The van der Waals surface area contributed by atoms with Crippen LogP contribution in [0.4, 0.5) is 4.39 Å². The van der Waals surface area contributed by atoms with Crippen molar-refractivity contribution in [2.75, 3.05) is 6.54 Å². The number of halogens is 2. The lowest BCUT2D eigenvalue weighted by Crippen LogP contribution is -1.92. The largest absolute Gasteiger partial charge is 0.506 e. The van der Waals surface area contributed by atoms with E-state index in [0.717, 1.165) is 0 Å². The van der Waals surface area contributed by atoms with E-state index >= 15 is 0 Å². The zero-order chi connectivity index (χ0) is 9.84. The molecule has 0 atom stereocenters. The van der Waals surface area contributed by atoms with Crippen molar-refractivity contribution < 1.29 is 9.50 Å². The van der Waals surface area contributed by atoms with Gasteiger partial charge in [-0.15, -0.1) is 0 Å². The molecule has 1 rings (SSSR count). The number of phenolic OH excluding ortho intramolecular Hbond substituents is 1. The Morgan fingerprint density at radius 1 is 1.54 bits per heavy atom.